The summed E-state index contributed by atoms with van der Waals surface area (Å²) in [5.74, 6) is 0. The Bertz CT molecular complexity index is 19.7. The Morgan fingerprint density at radius 1 is 1.43 bits per heavy atom. The SMILES string of the molecule is [Mn].[Os][Re][Ir].[Pd].[Rh].[Ru]. The van der Waals surface area contributed by atoms with Crippen LogP contribution in [-0.2, 0) is 121 Å². The van der Waals surface area contributed by atoms with Crippen LogP contribution in [-0.4, -0.2) is 0 Å². The minimum Gasteiger partial charge on any atom is 0 e. The van der Waals surface area contributed by atoms with Gasteiger partial charge >= 0.3 is 44.6 Å². The maximum absolute atomic E-state index is 2.29. The van der Waals surface area contributed by atoms with Gasteiger partial charge in [0.2, 0.25) is 0 Å². The van der Waals surface area contributed by atoms with Gasteiger partial charge in [-0.25, -0.2) is 0 Å². The zero-order valence-corrected chi connectivity index (χ0v) is 16.2. The largest absolute Gasteiger partial charge is 0 e. The molecule has 0 amide bonds. The predicted molar refractivity (Wildman–Crippen MR) is 0 cm³/mol. The van der Waals surface area contributed by atoms with Gasteiger partial charge in [-0.3, -0.25) is 0 Å². The summed E-state index contributed by atoms with van der Waals surface area (Å²) in [4.78, 5) is 0. The second-order valence-corrected chi connectivity index (χ2v) is 24.4. The minimum absolute atomic E-state index is 0. The molecule has 0 rings (SSSR count). The summed E-state index contributed by atoms with van der Waals surface area (Å²) < 4.78 is 0. The topological polar surface area (TPSA) is 0 Å². The number of hydrogen-bond donors (Lipinski definition) is 0. The maximum atomic E-state index is 2.29. The first-order chi connectivity index (χ1) is 1.41. The van der Waals surface area contributed by atoms with E-state index in [-0.39, 0.29) is 76.4 Å². The van der Waals surface area contributed by atoms with Gasteiger partial charge in [0.25, 0.3) is 0 Å². The summed E-state index contributed by atoms with van der Waals surface area (Å²) >= 11 is 4.78. The van der Waals surface area contributed by atoms with Gasteiger partial charge in [0, 0.05) is 76.4 Å². The van der Waals surface area contributed by atoms with Gasteiger partial charge in [0.15, 0.2) is 0 Å². The van der Waals surface area contributed by atoms with Crippen LogP contribution in [0, 0.1) is 0 Å². The van der Waals surface area contributed by atoms with Crippen LogP contribution in [0.1, 0.15) is 0 Å². The second kappa shape index (κ2) is 31.6. The predicted octanol–water partition coefficient (Wildman–Crippen LogP) is -0.0175. The monoisotopic (exact) mass is 938 g/mol. The standard InChI is InChI=1S/Ir.Mn.Os.Pd.Re.Rh.Ru. The Kier molecular flexibility index (Phi) is 136. The van der Waals surface area contributed by atoms with Crippen LogP contribution < -0.4 is 0 Å². The van der Waals surface area contributed by atoms with E-state index < -0.39 is 0 Å². The van der Waals surface area contributed by atoms with Crippen molar-refractivity contribution in [2.24, 2.45) is 0 Å². The van der Waals surface area contributed by atoms with Gasteiger partial charge < -0.3 is 0 Å². The van der Waals surface area contributed by atoms with E-state index in [1.165, 1.54) is 0 Å². The number of rotatable bonds is 0. The fourth-order valence-corrected chi connectivity index (χ4v) is 0. The third-order valence-electron chi connectivity index (χ3n) is 0. The van der Waals surface area contributed by atoms with Gasteiger partial charge in [-0.15, -0.1) is 0 Å². The fraction of sp³-hybridized carbons (Fsp3) is 0. The molecule has 0 nitrogen and oxygen atoms in total. The third kappa shape index (κ3) is 38.0. The normalized spacial score (nSPS) is 2.71. The molecule has 0 fully saturated rings. The van der Waals surface area contributed by atoms with Crippen LogP contribution in [0.2, 0.25) is 0 Å². The van der Waals surface area contributed by atoms with E-state index in [4.69, 9.17) is 0 Å². The molecule has 0 saturated heterocycles. The van der Waals surface area contributed by atoms with Gasteiger partial charge in [-0.05, 0) is 0 Å². The summed E-state index contributed by atoms with van der Waals surface area (Å²) in [6.45, 7) is 0. The Balaban J connectivity index is -0.00000000333. The van der Waals surface area contributed by atoms with Crippen molar-refractivity contribution in [2.75, 3.05) is 0 Å². The Morgan fingerprint density at radius 2 is 1.43 bits per heavy atom. The van der Waals surface area contributed by atoms with Crippen molar-refractivity contribution in [2.45, 2.75) is 0 Å². The van der Waals surface area contributed by atoms with Crippen molar-refractivity contribution in [3.05, 3.63) is 0 Å². The van der Waals surface area contributed by atoms with Crippen LogP contribution in [0.5, 0.6) is 0 Å². The van der Waals surface area contributed by atoms with Gasteiger partial charge in [-0.1, -0.05) is 0 Å². The second-order valence-electron chi connectivity index (χ2n) is 0.0445. The van der Waals surface area contributed by atoms with E-state index in [9.17, 15) is 0 Å². The molecule has 7 heteroatoms. The van der Waals surface area contributed by atoms with E-state index in [0.717, 1.165) is 0 Å². The van der Waals surface area contributed by atoms with E-state index in [1.54, 1.807) is 0 Å². The van der Waals surface area contributed by atoms with Gasteiger partial charge in [0.05, 0.1) is 0 Å². The molecular formula is IrMnOsPdReRhRu. The Morgan fingerprint density at radius 3 is 1.43 bits per heavy atom. The average molecular weight is 934 g/mol. The van der Waals surface area contributed by atoms with Crippen LogP contribution in [0.3, 0.4) is 0 Å². The molecule has 0 spiro atoms. The summed E-state index contributed by atoms with van der Waals surface area (Å²) in [7, 11) is 0. The van der Waals surface area contributed by atoms with E-state index in [1.807, 2.05) is 0 Å². The quantitative estimate of drug-likeness (QED) is 0.301. The van der Waals surface area contributed by atoms with Crippen molar-refractivity contribution in [1.29, 1.82) is 0 Å². The minimum atomic E-state index is 0. The van der Waals surface area contributed by atoms with Crippen molar-refractivity contribution in [1.82, 2.24) is 0 Å². The molecule has 58 valence electrons. The smallest absolute Gasteiger partial charge is 0 e. The molecule has 0 atom stereocenters. The molecule has 0 aliphatic carbocycles. The molecule has 0 aromatic carbocycles. The maximum Gasteiger partial charge on any atom is 0 e. The van der Waals surface area contributed by atoms with Crippen molar-refractivity contribution >= 4 is 0 Å². The van der Waals surface area contributed by atoms with E-state index >= 15 is 0 Å². The number of hydrogen-bond acceptors (Lipinski definition) is 0. The summed E-state index contributed by atoms with van der Waals surface area (Å²) in [5.41, 5.74) is 0. The molecule has 0 heterocycles. The van der Waals surface area contributed by atoms with Crippen LogP contribution in [0.15, 0.2) is 0 Å². The molecule has 0 aliphatic heterocycles. The van der Waals surface area contributed by atoms with Gasteiger partial charge in [0.1, 0.15) is 0 Å². The van der Waals surface area contributed by atoms with Crippen LogP contribution in [0.25, 0.3) is 0 Å². The molecule has 7 heavy (non-hydrogen) atoms. The zero-order valence-electron chi connectivity index (χ0n) is 2.45. The molecule has 0 N–H and O–H groups in total. The first-order valence-electron chi connectivity index (χ1n) is 0.260. The van der Waals surface area contributed by atoms with Crippen LogP contribution >= 0.6 is 0 Å². The van der Waals surface area contributed by atoms with E-state index in [0.29, 0.717) is 12.6 Å². The van der Waals surface area contributed by atoms with Crippen LogP contribution in [0.4, 0.5) is 0 Å². The molecule has 0 saturated carbocycles. The molecule has 0 bridgehead atoms. The van der Waals surface area contributed by atoms with Crippen molar-refractivity contribution < 1.29 is 121 Å². The molecule has 0 unspecified atom stereocenters. The first-order valence-corrected chi connectivity index (χ1v) is 17.4. The van der Waals surface area contributed by atoms with E-state index in [2.05, 4.69) is 32.0 Å². The molecule has 0 aromatic rings. The van der Waals surface area contributed by atoms with Gasteiger partial charge in [-0.2, -0.15) is 0 Å². The average Bonchev–Trinajstić information content (AvgIpc) is 0.918. The molecule has 0 aliphatic rings. The summed E-state index contributed by atoms with van der Waals surface area (Å²) in [6.07, 6.45) is 0. The summed E-state index contributed by atoms with van der Waals surface area (Å²) in [5, 5.41) is 0. The third-order valence-corrected chi connectivity index (χ3v) is 0. The molecule has 2 radical (unpaired) electrons. The fourth-order valence-electron chi connectivity index (χ4n) is 0. The summed E-state index contributed by atoms with van der Waals surface area (Å²) in [6, 6.07) is 0. The van der Waals surface area contributed by atoms with Crippen molar-refractivity contribution in [3.8, 4) is 0 Å². The zero-order chi connectivity index (χ0) is 2.71. The molecule has 0 aromatic heterocycles. The molecular weight excluding hydrogens is 934 g/mol. The van der Waals surface area contributed by atoms with Crippen molar-refractivity contribution in [3.63, 3.8) is 0 Å². The first kappa shape index (κ1) is 30.1. The Labute approximate surface area is 118 Å². The Hall–Kier alpha value is 4.38.